The lowest BCUT2D eigenvalue weighted by molar-refractivity contribution is 0.0622. The van der Waals surface area contributed by atoms with Gasteiger partial charge in [0.25, 0.3) is 5.91 Å². The Hall–Kier alpha value is -1.17. The molecule has 2 atom stereocenters. The predicted octanol–water partition coefficient (Wildman–Crippen LogP) is 1.24. The number of aromatic nitrogens is 2. The molecule has 0 spiro atoms. The Bertz CT molecular complexity index is 382. The molecule has 1 aromatic rings. The molecule has 0 aromatic carbocycles. The van der Waals surface area contributed by atoms with Crippen molar-refractivity contribution < 1.29 is 4.79 Å². The van der Waals surface area contributed by atoms with Gasteiger partial charge in [0.1, 0.15) is 0 Å². The standard InChI is InChI=1S/C10H16N4OS/c1-6-3-7(2)5-14(4-6)9(15)8-12-13-10(11)16-8/h6-7H,3-5H2,1-2H3,(H2,11,13). The highest BCUT2D eigenvalue weighted by Crippen LogP contribution is 2.23. The van der Waals surface area contributed by atoms with Gasteiger partial charge in [0.05, 0.1) is 0 Å². The van der Waals surface area contributed by atoms with Gasteiger partial charge >= 0.3 is 0 Å². The van der Waals surface area contributed by atoms with Crippen LogP contribution in [0, 0.1) is 11.8 Å². The molecular formula is C10H16N4OS. The summed E-state index contributed by atoms with van der Waals surface area (Å²) in [6.07, 6.45) is 1.18. The Kier molecular flexibility index (Phi) is 3.09. The van der Waals surface area contributed by atoms with Gasteiger partial charge in [-0.2, -0.15) is 0 Å². The Morgan fingerprint density at radius 1 is 1.38 bits per heavy atom. The maximum Gasteiger partial charge on any atom is 0.284 e. The zero-order valence-electron chi connectivity index (χ0n) is 9.51. The first-order chi connectivity index (χ1) is 7.56. The van der Waals surface area contributed by atoms with Gasteiger partial charge in [0, 0.05) is 13.1 Å². The highest BCUT2D eigenvalue weighted by atomic mass is 32.1. The molecule has 1 amide bonds. The van der Waals surface area contributed by atoms with E-state index < -0.39 is 0 Å². The molecule has 1 aliphatic heterocycles. The third-order valence-corrected chi connectivity index (χ3v) is 3.52. The highest BCUT2D eigenvalue weighted by Gasteiger charge is 2.27. The van der Waals surface area contributed by atoms with Crippen molar-refractivity contribution in [3.63, 3.8) is 0 Å². The minimum absolute atomic E-state index is 0.0346. The van der Waals surface area contributed by atoms with Gasteiger partial charge in [-0.3, -0.25) is 4.79 Å². The van der Waals surface area contributed by atoms with Crippen molar-refractivity contribution in [2.75, 3.05) is 18.8 Å². The molecule has 6 heteroatoms. The highest BCUT2D eigenvalue weighted by molar-refractivity contribution is 7.16. The van der Waals surface area contributed by atoms with Gasteiger partial charge in [-0.25, -0.2) is 0 Å². The van der Waals surface area contributed by atoms with Crippen molar-refractivity contribution in [3.05, 3.63) is 5.01 Å². The molecule has 2 rings (SSSR count). The van der Waals surface area contributed by atoms with Gasteiger partial charge in [-0.05, 0) is 18.3 Å². The summed E-state index contributed by atoms with van der Waals surface area (Å²) >= 11 is 1.16. The molecule has 16 heavy (non-hydrogen) atoms. The van der Waals surface area contributed by atoms with E-state index in [2.05, 4.69) is 24.0 Å². The average Bonchev–Trinajstić information content (AvgIpc) is 2.62. The minimum atomic E-state index is -0.0346. The fourth-order valence-corrected chi connectivity index (χ4v) is 2.86. The maximum absolute atomic E-state index is 12.1. The second-order valence-electron chi connectivity index (χ2n) is 4.60. The largest absolute Gasteiger partial charge is 0.374 e. The second kappa shape index (κ2) is 4.37. The Labute approximate surface area is 98.7 Å². The van der Waals surface area contributed by atoms with Gasteiger partial charge in [0.15, 0.2) is 0 Å². The van der Waals surface area contributed by atoms with E-state index in [1.807, 2.05) is 4.90 Å². The molecule has 0 aliphatic carbocycles. The topological polar surface area (TPSA) is 72.1 Å². The van der Waals surface area contributed by atoms with Gasteiger partial charge in [-0.1, -0.05) is 25.2 Å². The van der Waals surface area contributed by atoms with E-state index in [0.717, 1.165) is 24.4 Å². The van der Waals surface area contributed by atoms with Crippen LogP contribution in [0.5, 0.6) is 0 Å². The van der Waals surface area contributed by atoms with Crippen LogP contribution in [0.4, 0.5) is 5.13 Å². The van der Waals surface area contributed by atoms with Gasteiger partial charge < -0.3 is 10.6 Å². The number of piperidine rings is 1. The monoisotopic (exact) mass is 240 g/mol. The van der Waals surface area contributed by atoms with Crippen molar-refractivity contribution in [2.45, 2.75) is 20.3 Å². The lowest BCUT2D eigenvalue weighted by Gasteiger charge is -2.34. The van der Waals surface area contributed by atoms with Crippen LogP contribution in [0.25, 0.3) is 0 Å². The second-order valence-corrected chi connectivity index (χ2v) is 5.61. The molecule has 2 heterocycles. The number of hydrogen-bond acceptors (Lipinski definition) is 5. The molecule has 2 unspecified atom stereocenters. The first-order valence-corrected chi connectivity index (χ1v) is 6.26. The van der Waals surface area contributed by atoms with Crippen molar-refractivity contribution in [1.82, 2.24) is 15.1 Å². The maximum atomic E-state index is 12.1. The zero-order valence-corrected chi connectivity index (χ0v) is 10.3. The minimum Gasteiger partial charge on any atom is -0.374 e. The summed E-state index contributed by atoms with van der Waals surface area (Å²) in [6.45, 7) is 5.96. The molecule has 88 valence electrons. The van der Waals surface area contributed by atoms with E-state index in [9.17, 15) is 4.79 Å². The molecule has 0 bridgehead atoms. The van der Waals surface area contributed by atoms with E-state index in [1.54, 1.807) is 0 Å². The number of hydrogen-bond donors (Lipinski definition) is 1. The normalized spacial score (nSPS) is 25.8. The molecule has 1 saturated heterocycles. The quantitative estimate of drug-likeness (QED) is 0.801. The number of likely N-dealkylation sites (tertiary alicyclic amines) is 1. The molecular weight excluding hydrogens is 224 g/mol. The van der Waals surface area contributed by atoms with Crippen molar-refractivity contribution in [1.29, 1.82) is 0 Å². The summed E-state index contributed by atoms with van der Waals surface area (Å²) in [6, 6.07) is 0. The molecule has 1 aliphatic rings. The molecule has 2 N–H and O–H groups in total. The number of anilines is 1. The number of nitrogen functional groups attached to an aromatic ring is 1. The SMILES string of the molecule is CC1CC(C)CN(C(=O)c2nnc(N)s2)C1. The third-order valence-electron chi connectivity index (χ3n) is 2.78. The zero-order chi connectivity index (χ0) is 11.7. The number of nitrogens with two attached hydrogens (primary N) is 1. The lowest BCUT2D eigenvalue weighted by atomic mass is 9.92. The summed E-state index contributed by atoms with van der Waals surface area (Å²) in [4.78, 5) is 13.9. The number of nitrogens with zero attached hydrogens (tertiary/aromatic N) is 3. The fraction of sp³-hybridized carbons (Fsp3) is 0.700. The van der Waals surface area contributed by atoms with Crippen LogP contribution in [0.2, 0.25) is 0 Å². The van der Waals surface area contributed by atoms with Crippen LogP contribution in [-0.4, -0.2) is 34.1 Å². The van der Waals surface area contributed by atoms with Crippen LogP contribution in [0.1, 0.15) is 30.1 Å². The van der Waals surface area contributed by atoms with E-state index in [0.29, 0.717) is 22.0 Å². The lowest BCUT2D eigenvalue weighted by Crippen LogP contribution is -2.42. The Balaban J connectivity index is 2.09. The molecule has 1 aromatic heterocycles. The van der Waals surface area contributed by atoms with Crippen LogP contribution >= 0.6 is 11.3 Å². The summed E-state index contributed by atoms with van der Waals surface area (Å²) in [5, 5.41) is 8.21. The van der Waals surface area contributed by atoms with Gasteiger partial charge in [-0.15, -0.1) is 10.2 Å². The summed E-state index contributed by atoms with van der Waals surface area (Å²) in [5.41, 5.74) is 5.47. The van der Waals surface area contributed by atoms with Crippen LogP contribution < -0.4 is 5.73 Å². The van der Waals surface area contributed by atoms with E-state index in [1.165, 1.54) is 6.42 Å². The van der Waals surface area contributed by atoms with E-state index in [-0.39, 0.29) is 5.91 Å². The molecule has 1 fully saturated rings. The predicted molar refractivity (Wildman–Crippen MR) is 63.2 cm³/mol. The molecule has 0 saturated carbocycles. The molecule has 0 radical (unpaired) electrons. The van der Waals surface area contributed by atoms with Gasteiger partial charge in [0.2, 0.25) is 10.1 Å². The average molecular weight is 240 g/mol. The van der Waals surface area contributed by atoms with Crippen molar-refractivity contribution in [2.24, 2.45) is 11.8 Å². The first-order valence-electron chi connectivity index (χ1n) is 5.44. The van der Waals surface area contributed by atoms with Crippen molar-refractivity contribution in [3.8, 4) is 0 Å². The van der Waals surface area contributed by atoms with Crippen molar-refractivity contribution >= 4 is 22.4 Å². The third kappa shape index (κ3) is 2.32. The van der Waals surface area contributed by atoms with Crippen LogP contribution in [-0.2, 0) is 0 Å². The van der Waals surface area contributed by atoms with E-state index in [4.69, 9.17) is 5.73 Å². The first kappa shape index (κ1) is 11.3. The Morgan fingerprint density at radius 2 is 2.00 bits per heavy atom. The number of carbonyl (C=O) groups is 1. The fourth-order valence-electron chi connectivity index (χ4n) is 2.29. The summed E-state index contributed by atoms with van der Waals surface area (Å²) in [5.74, 6) is 1.07. The number of carbonyl (C=O) groups excluding carboxylic acids is 1. The Morgan fingerprint density at radius 3 is 2.50 bits per heavy atom. The smallest absolute Gasteiger partial charge is 0.284 e. The van der Waals surface area contributed by atoms with Crippen LogP contribution in [0.3, 0.4) is 0 Å². The molecule has 5 nitrogen and oxygen atoms in total. The number of amides is 1. The number of rotatable bonds is 1. The van der Waals surface area contributed by atoms with E-state index >= 15 is 0 Å². The van der Waals surface area contributed by atoms with Crippen LogP contribution in [0.15, 0.2) is 0 Å². The summed E-state index contributed by atoms with van der Waals surface area (Å²) in [7, 11) is 0. The summed E-state index contributed by atoms with van der Waals surface area (Å²) < 4.78 is 0.